The number of likely N-dealkylation sites (N-methyl/N-ethyl adjacent to an activating group) is 1. The molecular weight excluding hydrogens is 390 g/mol. The predicted molar refractivity (Wildman–Crippen MR) is 114 cm³/mol. The highest BCUT2D eigenvalue weighted by Crippen LogP contribution is 2.28. The van der Waals surface area contributed by atoms with Gasteiger partial charge in [-0.2, -0.15) is 4.98 Å². The van der Waals surface area contributed by atoms with E-state index < -0.39 is 0 Å². The highest BCUT2D eigenvalue weighted by Gasteiger charge is 2.21. The molecule has 2 heterocycles. The van der Waals surface area contributed by atoms with Crippen molar-refractivity contribution < 1.29 is 9.32 Å². The molecule has 0 aromatic carbocycles. The molecule has 2 aromatic heterocycles. The van der Waals surface area contributed by atoms with Crippen molar-refractivity contribution in [3.63, 3.8) is 0 Å². The van der Waals surface area contributed by atoms with E-state index in [-0.39, 0.29) is 17.3 Å². The molecule has 0 unspecified atom stereocenters. The second-order valence-corrected chi connectivity index (χ2v) is 8.14. The van der Waals surface area contributed by atoms with Gasteiger partial charge in [0.05, 0.1) is 11.4 Å². The Hall–Kier alpha value is -2.13. The van der Waals surface area contributed by atoms with Gasteiger partial charge in [0.15, 0.2) is 0 Å². The standard InChI is InChI=1S/C20H29N5O3S/c1-4-24(5-2)10-11-25-16-9-7-6-8-15(16)19(22-20(25)27)29-13-17(26)21-18-12-14(3)23-28-18/h12H,4-11,13H2,1-3H3,(H,21,26). The van der Waals surface area contributed by atoms with Crippen LogP contribution in [-0.2, 0) is 24.2 Å². The normalized spacial score (nSPS) is 13.5. The summed E-state index contributed by atoms with van der Waals surface area (Å²) in [6, 6.07) is 1.67. The molecule has 0 atom stereocenters. The number of rotatable bonds is 9. The Kier molecular flexibility index (Phi) is 7.49. The van der Waals surface area contributed by atoms with Gasteiger partial charge in [-0.1, -0.05) is 30.8 Å². The maximum absolute atomic E-state index is 12.7. The van der Waals surface area contributed by atoms with Crippen LogP contribution in [0.3, 0.4) is 0 Å². The van der Waals surface area contributed by atoms with Gasteiger partial charge in [-0.05, 0) is 45.7 Å². The SMILES string of the molecule is CCN(CC)CCn1c2c(c(SCC(=O)Nc3cc(C)no3)nc1=O)CCCC2. The molecule has 0 aliphatic heterocycles. The first kappa shape index (κ1) is 21.6. The number of anilines is 1. The topological polar surface area (TPSA) is 93.3 Å². The number of carbonyl (C=O) groups excluding carboxylic acids is 1. The van der Waals surface area contributed by atoms with E-state index in [2.05, 4.69) is 34.2 Å². The first-order valence-corrected chi connectivity index (χ1v) is 11.2. The van der Waals surface area contributed by atoms with Gasteiger partial charge < -0.3 is 9.42 Å². The number of hydrogen-bond acceptors (Lipinski definition) is 7. The van der Waals surface area contributed by atoms with Crippen molar-refractivity contribution >= 4 is 23.6 Å². The van der Waals surface area contributed by atoms with Gasteiger partial charge in [0, 0.05) is 30.4 Å². The molecule has 1 amide bonds. The second kappa shape index (κ2) is 10.1. The molecule has 1 aliphatic rings. The predicted octanol–water partition coefficient (Wildman–Crippen LogP) is 2.49. The summed E-state index contributed by atoms with van der Waals surface area (Å²) in [5.74, 6) is 0.292. The molecule has 2 aromatic rings. The molecule has 1 N–H and O–H groups in total. The summed E-state index contributed by atoms with van der Waals surface area (Å²) in [5.41, 5.74) is 2.71. The van der Waals surface area contributed by atoms with E-state index in [1.165, 1.54) is 11.8 Å². The van der Waals surface area contributed by atoms with Crippen molar-refractivity contribution in [3.05, 3.63) is 33.5 Å². The smallest absolute Gasteiger partial charge is 0.338 e. The Balaban J connectivity index is 1.73. The molecular formula is C20H29N5O3S. The van der Waals surface area contributed by atoms with E-state index >= 15 is 0 Å². The van der Waals surface area contributed by atoms with Crippen molar-refractivity contribution in [2.75, 3.05) is 30.7 Å². The van der Waals surface area contributed by atoms with Gasteiger partial charge in [-0.15, -0.1) is 0 Å². The highest BCUT2D eigenvalue weighted by atomic mass is 32.2. The van der Waals surface area contributed by atoms with Crippen LogP contribution in [0.1, 0.15) is 43.6 Å². The van der Waals surface area contributed by atoms with Crippen molar-refractivity contribution in [1.82, 2.24) is 19.6 Å². The molecule has 8 nitrogen and oxygen atoms in total. The third kappa shape index (κ3) is 5.48. The summed E-state index contributed by atoms with van der Waals surface area (Å²) in [6.45, 7) is 9.48. The number of aryl methyl sites for hydroxylation is 1. The minimum atomic E-state index is -0.216. The summed E-state index contributed by atoms with van der Waals surface area (Å²) in [7, 11) is 0. The Morgan fingerprint density at radius 3 is 2.76 bits per heavy atom. The van der Waals surface area contributed by atoms with Crippen molar-refractivity contribution in [3.8, 4) is 0 Å². The minimum absolute atomic E-state index is 0.169. The van der Waals surface area contributed by atoms with Crippen LogP contribution in [0, 0.1) is 6.92 Å². The van der Waals surface area contributed by atoms with Crippen molar-refractivity contribution in [1.29, 1.82) is 0 Å². The minimum Gasteiger partial charge on any atom is -0.338 e. The average molecular weight is 420 g/mol. The fraction of sp³-hybridized carbons (Fsp3) is 0.600. The van der Waals surface area contributed by atoms with Gasteiger partial charge >= 0.3 is 5.69 Å². The quantitative estimate of drug-likeness (QED) is 0.493. The van der Waals surface area contributed by atoms with Crippen LogP contribution in [0.2, 0.25) is 0 Å². The van der Waals surface area contributed by atoms with Gasteiger partial charge in [-0.3, -0.25) is 14.7 Å². The molecule has 29 heavy (non-hydrogen) atoms. The summed E-state index contributed by atoms with van der Waals surface area (Å²) in [5, 5.41) is 7.12. The lowest BCUT2D eigenvalue weighted by Crippen LogP contribution is -2.35. The van der Waals surface area contributed by atoms with E-state index in [0.29, 0.717) is 23.1 Å². The molecule has 0 spiro atoms. The number of carbonyl (C=O) groups is 1. The number of nitrogens with one attached hydrogen (secondary N) is 1. The largest absolute Gasteiger partial charge is 0.348 e. The summed E-state index contributed by atoms with van der Waals surface area (Å²) < 4.78 is 6.85. The van der Waals surface area contributed by atoms with Crippen molar-refractivity contribution in [2.24, 2.45) is 0 Å². The van der Waals surface area contributed by atoms with E-state index in [1.807, 2.05) is 4.57 Å². The van der Waals surface area contributed by atoms with Crippen LogP contribution in [0.15, 0.2) is 20.4 Å². The molecule has 0 saturated heterocycles. The van der Waals surface area contributed by atoms with E-state index in [1.54, 1.807) is 13.0 Å². The molecule has 1 aliphatic carbocycles. The van der Waals surface area contributed by atoms with Gasteiger partial charge in [-0.25, -0.2) is 4.79 Å². The zero-order valence-electron chi connectivity index (χ0n) is 17.4. The number of fused-ring (bicyclic) bond motifs is 1. The van der Waals surface area contributed by atoms with Crippen LogP contribution < -0.4 is 11.0 Å². The van der Waals surface area contributed by atoms with Gasteiger partial charge in [0.1, 0.15) is 5.03 Å². The highest BCUT2D eigenvalue weighted by molar-refractivity contribution is 8.00. The van der Waals surface area contributed by atoms with E-state index in [9.17, 15) is 9.59 Å². The maximum Gasteiger partial charge on any atom is 0.348 e. The van der Waals surface area contributed by atoms with Crippen LogP contribution in [0.4, 0.5) is 5.88 Å². The Morgan fingerprint density at radius 1 is 1.31 bits per heavy atom. The zero-order chi connectivity index (χ0) is 20.8. The fourth-order valence-electron chi connectivity index (χ4n) is 3.61. The Labute approximate surface area is 175 Å². The summed E-state index contributed by atoms with van der Waals surface area (Å²) in [6.07, 6.45) is 3.96. The third-order valence-electron chi connectivity index (χ3n) is 5.22. The number of aromatic nitrogens is 3. The first-order valence-electron chi connectivity index (χ1n) is 10.2. The Morgan fingerprint density at radius 2 is 2.07 bits per heavy atom. The summed E-state index contributed by atoms with van der Waals surface area (Å²) in [4.78, 5) is 31.6. The lowest BCUT2D eigenvalue weighted by molar-refractivity contribution is -0.113. The zero-order valence-corrected chi connectivity index (χ0v) is 18.2. The molecule has 0 fully saturated rings. The second-order valence-electron chi connectivity index (χ2n) is 7.18. The van der Waals surface area contributed by atoms with E-state index in [0.717, 1.165) is 56.6 Å². The summed E-state index contributed by atoms with van der Waals surface area (Å²) >= 11 is 1.32. The molecule has 158 valence electrons. The third-order valence-corrected chi connectivity index (χ3v) is 6.23. The average Bonchev–Trinajstić information content (AvgIpc) is 3.13. The van der Waals surface area contributed by atoms with Crippen LogP contribution in [-0.4, -0.2) is 50.9 Å². The number of amides is 1. The Bertz CT molecular complexity index is 904. The molecule has 0 radical (unpaired) electrons. The molecule has 3 rings (SSSR count). The maximum atomic E-state index is 12.7. The lowest BCUT2D eigenvalue weighted by atomic mass is 9.97. The molecule has 0 saturated carbocycles. The fourth-order valence-corrected chi connectivity index (χ4v) is 4.49. The first-order chi connectivity index (χ1) is 14.0. The number of hydrogen-bond donors (Lipinski definition) is 1. The van der Waals surface area contributed by atoms with Crippen LogP contribution in [0.25, 0.3) is 0 Å². The lowest BCUT2D eigenvalue weighted by Gasteiger charge is -2.24. The van der Waals surface area contributed by atoms with Crippen LogP contribution in [0.5, 0.6) is 0 Å². The molecule has 9 heteroatoms. The number of thioether (sulfide) groups is 1. The van der Waals surface area contributed by atoms with E-state index in [4.69, 9.17) is 4.52 Å². The monoisotopic (exact) mass is 419 g/mol. The van der Waals surface area contributed by atoms with Crippen molar-refractivity contribution in [2.45, 2.75) is 58.0 Å². The van der Waals surface area contributed by atoms with Gasteiger partial charge in [0.25, 0.3) is 0 Å². The van der Waals surface area contributed by atoms with Crippen LogP contribution >= 0.6 is 11.8 Å². The molecule has 0 bridgehead atoms. The van der Waals surface area contributed by atoms with Gasteiger partial charge in [0.2, 0.25) is 11.8 Å². The number of nitrogens with zero attached hydrogens (tertiary/aromatic N) is 4.